The number of fused-ring (bicyclic) bond motifs is 2. The van der Waals surface area contributed by atoms with E-state index in [2.05, 4.69) is 115 Å². The minimum atomic E-state index is -1.94. The zero-order valence-electron chi connectivity index (χ0n) is 70.7. The topological polar surface area (TPSA) is 786 Å². The van der Waals surface area contributed by atoms with Crippen molar-refractivity contribution in [2.24, 2.45) is 34.4 Å². The van der Waals surface area contributed by atoms with Crippen LogP contribution in [0.25, 0.3) is 21.8 Å². The van der Waals surface area contributed by atoms with Gasteiger partial charge in [0.1, 0.15) is 84.9 Å². The zero-order valence-corrected chi connectivity index (χ0v) is 72.5. The number of phenolic OH excluding ortho intramolecular Hbond substituents is 1. The van der Waals surface area contributed by atoms with Crippen molar-refractivity contribution < 1.29 is 111 Å². The minimum absolute atomic E-state index is 0.0884. The van der Waals surface area contributed by atoms with Gasteiger partial charge in [-0.1, -0.05) is 48.5 Å². The first kappa shape index (κ1) is 106. The number of aromatic hydroxyl groups is 1. The number of hydrogen-bond acceptors (Lipinski definition) is 26. The number of primary amides is 4. The highest BCUT2D eigenvalue weighted by Crippen LogP contribution is 2.23. The highest BCUT2D eigenvalue weighted by molar-refractivity contribution is 7.80. The molecule has 0 aliphatic rings. The predicted octanol–water partition coefficient (Wildman–Crippen LogP) is -8.14. The maximum atomic E-state index is 15.3. The summed E-state index contributed by atoms with van der Waals surface area (Å²) in [6.07, 6.45) is -3.65. The van der Waals surface area contributed by atoms with Crippen LogP contribution in [0.4, 0.5) is 0 Å². The van der Waals surface area contributed by atoms with Crippen molar-refractivity contribution in [3.63, 3.8) is 0 Å². The number of aromatic nitrogens is 2. The Labute approximate surface area is 749 Å². The molecular weight excluding hydrogens is 1730 g/mol. The number of thiol groups is 2. The number of H-pyrrole nitrogens is 2. The SMILES string of the molecule is CC(=O)N[C@@H](CS)C(=O)N[C@@H](CCC(N)=O)C(=O)N[C@H](C(=O)N[C@@H](Cc1c[nH]c2ccccc12)C(=O)N[C@@H](CCC(N)=O)C(=O)N[C@@H](CS)C(=O)N[C@@H](Cc1ccc(O)cc1)C(=O)N[C@@H](Cc1c[nH]c2ccccc12)C(=O)N[C@@H](CCCNC(=N)N)C(=O)N[C@@H](CCC(=O)O)C(=O)N[C@@H](CC(N)=O)C(=O)NCC(=O)NCCOCC(=O)N[C@H](CCCCN)C(N)=O)[C@@H](C)O. The molecule has 47 nitrogen and oxygen atoms in total. The molecule has 0 fully saturated rings. The van der Waals surface area contributed by atoms with Crippen LogP contribution in [0.2, 0.25) is 0 Å². The van der Waals surface area contributed by atoms with Gasteiger partial charge in [-0.05, 0) is 106 Å². The number of unbranched alkanes of at least 4 members (excludes halogenated alkanes) is 1. The number of para-hydroxylation sites is 2. The summed E-state index contributed by atoms with van der Waals surface area (Å²) in [6, 6.07) is -1.43. The van der Waals surface area contributed by atoms with Gasteiger partial charge in [-0.3, -0.25) is 96.5 Å². The monoisotopic (exact) mass is 1840 g/mol. The number of benzene rings is 3. The number of rotatable bonds is 59. The molecule has 0 aliphatic heterocycles. The largest absolute Gasteiger partial charge is 0.508 e. The molecule has 129 heavy (non-hydrogen) atoms. The maximum Gasteiger partial charge on any atom is 0.303 e. The molecule has 5 rings (SSSR count). The number of phenols is 1. The number of aromatic amines is 2. The second-order valence-electron chi connectivity index (χ2n) is 29.9. The second kappa shape index (κ2) is 54.4. The standard InChI is InChI=1S/C80H114N24O23S2/c1-40(105)67(104-73(120)53(21-24-62(83)109)98-77(124)59(38-128)93-41(2)106)79(126)102-57(32-44-35-91-49-13-6-4-11-47(44)49)76(123)97-52(20-23-61(82)108)72(119)103-60(39-129)78(125)99-55(30-42-16-18-45(107)19-17-42)74(121)100-56(31-43-34-90-48-12-5-3-10-46(43)48)75(122)95-51(15-9-27-89-80(86)87)70(117)96-54(22-25-66(113)114)71(118)101-58(33-63(84)110)69(116)92-36-64(111)88-28-29-127-37-65(112)94-50(68(85)115)14-7-8-26-81/h3-6,10-13,16-19,34-35,40,50-60,67,90-91,105,107,128-129H,7-9,14-15,20-33,36-39,81H2,1-2H3,(H2,82,108)(H2,83,109)(H2,84,110)(H2,85,115)(H,88,111)(H,92,116)(H,93,106)(H,94,112)(H,95,122)(H,96,117)(H,97,123)(H,98,124)(H,99,125)(H,100,121)(H,101,118)(H,102,126)(H,103,119)(H,104,120)(H,113,114)(H4,86,87,89)/t40-,50-,51+,52+,53+,54+,55+,56+,57+,58+,59+,60+,67+/m1/s1. The van der Waals surface area contributed by atoms with E-state index in [4.69, 9.17) is 44.5 Å². The Morgan fingerprint density at radius 1 is 0.442 bits per heavy atom. The van der Waals surface area contributed by atoms with E-state index in [1.54, 1.807) is 48.5 Å². The summed E-state index contributed by atoms with van der Waals surface area (Å²) in [6.45, 7) is 0.722. The molecule has 0 saturated heterocycles. The lowest BCUT2D eigenvalue weighted by atomic mass is 10.0. The third-order valence-corrected chi connectivity index (χ3v) is 20.4. The van der Waals surface area contributed by atoms with Crippen LogP contribution in [0.1, 0.15) is 108 Å². The molecule has 2 heterocycles. The third-order valence-electron chi connectivity index (χ3n) is 19.6. The Morgan fingerprint density at radius 3 is 1.33 bits per heavy atom. The summed E-state index contributed by atoms with van der Waals surface area (Å²) in [5.41, 5.74) is 35.0. The molecule has 0 radical (unpaired) electrons. The zero-order chi connectivity index (χ0) is 95.6. The highest BCUT2D eigenvalue weighted by Gasteiger charge is 2.39. The Balaban J connectivity index is 1.44. The normalized spacial score (nSPS) is 14.1. The number of aliphatic hydroxyl groups excluding tert-OH is 1. The predicted molar refractivity (Wildman–Crippen MR) is 470 cm³/mol. The summed E-state index contributed by atoms with van der Waals surface area (Å²) >= 11 is 8.44. The number of nitrogens with two attached hydrogens (primary N) is 6. The van der Waals surface area contributed by atoms with Crippen molar-refractivity contribution >= 4 is 165 Å². The van der Waals surface area contributed by atoms with E-state index in [1.165, 1.54) is 36.7 Å². The van der Waals surface area contributed by atoms with Gasteiger partial charge in [0.2, 0.25) is 106 Å². The molecule has 3 aromatic carbocycles. The van der Waals surface area contributed by atoms with Crippen molar-refractivity contribution in [2.45, 2.75) is 189 Å². The van der Waals surface area contributed by atoms with Crippen LogP contribution in [0.3, 0.4) is 0 Å². The minimum Gasteiger partial charge on any atom is -0.508 e. The van der Waals surface area contributed by atoms with E-state index >= 15 is 9.59 Å². The van der Waals surface area contributed by atoms with Crippen molar-refractivity contribution in [1.29, 1.82) is 5.41 Å². The lowest BCUT2D eigenvalue weighted by molar-refractivity contribution is -0.139. The van der Waals surface area contributed by atoms with E-state index in [0.717, 1.165) is 13.8 Å². The fourth-order valence-corrected chi connectivity index (χ4v) is 13.4. The molecule has 0 unspecified atom stereocenters. The van der Waals surface area contributed by atoms with Gasteiger partial charge in [0.15, 0.2) is 5.96 Å². The number of aliphatic hydroxyl groups is 1. The van der Waals surface area contributed by atoms with E-state index in [-0.39, 0.29) is 56.0 Å². The number of carbonyl (C=O) groups excluding carboxylic acids is 18. The van der Waals surface area contributed by atoms with Gasteiger partial charge < -0.3 is 144 Å². The van der Waals surface area contributed by atoms with E-state index in [9.17, 15) is 96.8 Å². The van der Waals surface area contributed by atoms with Crippen molar-refractivity contribution in [1.82, 2.24) is 89.7 Å². The summed E-state index contributed by atoms with van der Waals surface area (Å²) in [4.78, 5) is 264. The van der Waals surface area contributed by atoms with Gasteiger partial charge in [-0.15, -0.1) is 0 Å². The Hall–Kier alpha value is -13.7. The van der Waals surface area contributed by atoms with Gasteiger partial charge in [-0.25, -0.2) is 0 Å². The Bertz CT molecular complexity index is 4780. The van der Waals surface area contributed by atoms with E-state index in [0.29, 0.717) is 52.3 Å². The van der Waals surface area contributed by atoms with Crippen molar-refractivity contribution in [3.05, 3.63) is 102 Å². The molecule has 33 N–H and O–H groups in total. The molecule has 0 saturated carbocycles. The number of amides is 18. The van der Waals surface area contributed by atoms with Crippen LogP contribution in [0, 0.1) is 5.41 Å². The van der Waals surface area contributed by atoms with Crippen LogP contribution in [0.5, 0.6) is 5.75 Å². The first-order valence-corrected chi connectivity index (χ1v) is 42.1. The molecule has 49 heteroatoms. The molecule has 2 aromatic heterocycles. The van der Waals surface area contributed by atoms with Crippen LogP contribution in [-0.4, -0.2) is 273 Å². The number of carbonyl (C=O) groups is 19. The second-order valence-corrected chi connectivity index (χ2v) is 30.6. The Kier molecular flexibility index (Phi) is 44.6. The number of aliphatic carboxylic acids is 1. The molecule has 18 amide bonds. The van der Waals surface area contributed by atoms with Crippen LogP contribution in [0.15, 0.2) is 85.2 Å². The molecule has 704 valence electrons. The molecule has 0 bridgehead atoms. The molecule has 0 spiro atoms. The lowest BCUT2D eigenvalue weighted by Crippen LogP contribution is -2.62. The van der Waals surface area contributed by atoms with E-state index < -0.39 is 280 Å². The molecule has 13 atom stereocenters. The number of hydrogen-bond donors (Lipinski definition) is 29. The first-order chi connectivity index (χ1) is 61.2. The highest BCUT2D eigenvalue weighted by atomic mass is 32.1. The summed E-state index contributed by atoms with van der Waals surface area (Å²) in [5.74, 6) is -21.6. The van der Waals surface area contributed by atoms with E-state index in [1.807, 2.05) is 0 Å². The van der Waals surface area contributed by atoms with Crippen molar-refractivity contribution in [3.8, 4) is 5.75 Å². The number of ether oxygens (including phenoxy) is 1. The molecule has 0 aliphatic carbocycles. The fraction of sp³-hybridized carbons (Fsp3) is 0.475. The Morgan fingerprint density at radius 2 is 0.868 bits per heavy atom. The van der Waals surface area contributed by atoms with Crippen LogP contribution >= 0.6 is 25.3 Å². The number of carboxylic acid groups (broad SMARTS) is 1. The first-order valence-electron chi connectivity index (χ1n) is 40.8. The smallest absolute Gasteiger partial charge is 0.303 e. The average molecular weight is 1840 g/mol. The summed E-state index contributed by atoms with van der Waals surface area (Å²) < 4.78 is 5.26. The van der Waals surface area contributed by atoms with Crippen molar-refractivity contribution in [2.75, 3.05) is 50.9 Å². The molecule has 5 aromatic rings. The van der Waals surface area contributed by atoms with Gasteiger partial charge in [0.05, 0.1) is 25.7 Å². The van der Waals surface area contributed by atoms with Gasteiger partial charge in [0, 0.05) is 104 Å². The van der Waals surface area contributed by atoms with Crippen LogP contribution in [-0.2, 0) is 115 Å². The van der Waals surface area contributed by atoms with Gasteiger partial charge in [0.25, 0.3) is 0 Å². The number of nitrogens with one attached hydrogen (secondary N) is 18. The van der Waals surface area contributed by atoms with Gasteiger partial charge >= 0.3 is 5.97 Å². The number of guanidine groups is 1. The summed E-state index contributed by atoms with van der Waals surface area (Å²) in [5, 5.41) is 76.6. The lowest BCUT2D eigenvalue weighted by Gasteiger charge is -2.29. The third kappa shape index (κ3) is 37.4. The average Bonchev–Trinajstić information content (AvgIpc) is 1.70. The number of carboxylic acids is 1. The summed E-state index contributed by atoms with van der Waals surface area (Å²) in [7, 11) is 0. The quantitative estimate of drug-likeness (QED) is 0.00744. The maximum absolute atomic E-state index is 15.3. The van der Waals surface area contributed by atoms with Crippen LogP contribution < -0.4 is 114 Å². The fourth-order valence-electron chi connectivity index (χ4n) is 12.9. The molecular formula is C80H114N24O23S2. The van der Waals surface area contributed by atoms with Gasteiger partial charge in [-0.2, -0.15) is 25.3 Å².